The number of nitrogens with one attached hydrogen (secondary N) is 1. The smallest absolute Gasteiger partial charge is 0.257 e. The first-order chi connectivity index (χ1) is 15.4. The maximum atomic E-state index is 13.3. The molecule has 1 atom stereocenters. The summed E-state index contributed by atoms with van der Waals surface area (Å²) in [7, 11) is 3.39. The Morgan fingerprint density at radius 1 is 1.34 bits per heavy atom. The second kappa shape index (κ2) is 9.04. The third-order valence-corrected chi connectivity index (χ3v) is 5.96. The molecule has 1 aliphatic rings. The number of fused-ring (bicyclic) bond motifs is 1. The second-order valence-corrected chi connectivity index (χ2v) is 8.17. The number of methoxy groups -OCH3 is 1. The number of carbonyl (C=O) groups is 1. The number of carbonyl (C=O) groups excluding carboxylic acids is 1. The van der Waals surface area contributed by atoms with E-state index in [0.29, 0.717) is 42.3 Å². The Balaban J connectivity index is 1.61. The second-order valence-electron chi connectivity index (χ2n) is 8.17. The van der Waals surface area contributed by atoms with Gasteiger partial charge in [0.1, 0.15) is 17.1 Å². The SMILES string of the molecule is COc1cc(=O)n2c(c1C(=O)NC(C)c1ccco1)CCN(Cc1cn(C)nc1C)CC2. The highest BCUT2D eigenvalue weighted by Crippen LogP contribution is 2.24. The Morgan fingerprint density at radius 2 is 2.16 bits per heavy atom. The molecule has 0 aliphatic carbocycles. The van der Waals surface area contributed by atoms with Crippen LogP contribution in [0.15, 0.2) is 39.9 Å². The van der Waals surface area contributed by atoms with Gasteiger partial charge in [-0.25, -0.2) is 0 Å². The van der Waals surface area contributed by atoms with Crippen molar-refractivity contribution in [2.45, 2.75) is 39.4 Å². The van der Waals surface area contributed by atoms with Crippen molar-refractivity contribution in [3.05, 3.63) is 69.3 Å². The van der Waals surface area contributed by atoms with Gasteiger partial charge in [0.25, 0.3) is 11.5 Å². The highest BCUT2D eigenvalue weighted by molar-refractivity contribution is 5.98. The monoisotopic (exact) mass is 439 g/mol. The van der Waals surface area contributed by atoms with Gasteiger partial charge in [-0.3, -0.25) is 19.2 Å². The van der Waals surface area contributed by atoms with Crippen LogP contribution in [0.3, 0.4) is 0 Å². The molecular weight excluding hydrogens is 410 g/mol. The quantitative estimate of drug-likeness (QED) is 0.632. The van der Waals surface area contributed by atoms with Crippen LogP contribution in [0.5, 0.6) is 5.75 Å². The molecule has 1 N–H and O–H groups in total. The van der Waals surface area contributed by atoms with Gasteiger partial charge < -0.3 is 19.0 Å². The molecule has 0 radical (unpaired) electrons. The summed E-state index contributed by atoms with van der Waals surface area (Å²) >= 11 is 0. The van der Waals surface area contributed by atoms with Gasteiger partial charge in [-0.1, -0.05) is 0 Å². The van der Waals surface area contributed by atoms with Crippen LogP contribution in [0.2, 0.25) is 0 Å². The Labute approximate surface area is 186 Å². The van der Waals surface area contributed by atoms with E-state index >= 15 is 0 Å². The number of ether oxygens (including phenoxy) is 1. The lowest BCUT2D eigenvalue weighted by Gasteiger charge is -2.19. The van der Waals surface area contributed by atoms with E-state index in [9.17, 15) is 9.59 Å². The summed E-state index contributed by atoms with van der Waals surface area (Å²) in [5, 5.41) is 7.39. The first-order valence-corrected chi connectivity index (χ1v) is 10.7. The molecule has 9 nitrogen and oxygen atoms in total. The summed E-state index contributed by atoms with van der Waals surface area (Å²) in [6.45, 7) is 6.53. The summed E-state index contributed by atoms with van der Waals surface area (Å²) in [6, 6.07) is 4.68. The van der Waals surface area contributed by atoms with Crippen LogP contribution in [0.1, 0.15) is 46.0 Å². The Bertz CT molecular complexity index is 1160. The van der Waals surface area contributed by atoms with Gasteiger partial charge in [0, 0.05) is 63.2 Å². The van der Waals surface area contributed by atoms with E-state index in [1.165, 1.54) is 13.2 Å². The standard InChI is InChI=1S/C23H29N5O4/c1-15-17(13-26(3)25-15)14-27-8-7-18-22(20(31-4)12-21(29)28(18)10-9-27)23(30)24-16(2)19-6-5-11-32-19/h5-6,11-13,16H,7-10,14H2,1-4H3,(H,24,30). The van der Waals surface area contributed by atoms with Gasteiger partial charge in [-0.15, -0.1) is 0 Å². The van der Waals surface area contributed by atoms with Crippen LogP contribution in [0.4, 0.5) is 0 Å². The van der Waals surface area contributed by atoms with Crippen LogP contribution < -0.4 is 15.6 Å². The molecule has 0 spiro atoms. The van der Waals surface area contributed by atoms with Crippen LogP contribution in [-0.4, -0.2) is 45.4 Å². The number of amides is 1. The average molecular weight is 440 g/mol. The lowest BCUT2D eigenvalue weighted by atomic mass is 10.1. The van der Waals surface area contributed by atoms with Crippen LogP contribution in [0.25, 0.3) is 0 Å². The fraction of sp³-hybridized carbons (Fsp3) is 0.435. The van der Waals surface area contributed by atoms with E-state index in [4.69, 9.17) is 9.15 Å². The molecular formula is C23H29N5O4. The number of aryl methyl sites for hydroxylation is 2. The molecule has 9 heteroatoms. The minimum absolute atomic E-state index is 0.160. The minimum Gasteiger partial charge on any atom is -0.496 e. The fourth-order valence-electron chi connectivity index (χ4n) is 4.28. The van der Waals surface area contributed by atoms with Gasteiger partial charge in [0.2, 0.25) is 0 Å². The number of hydrogen-bond acceptors (Lipinski definition) is 6. The molecule has 0 bridgehead atoms. The summed E-state index contributed by atoms with van der Waals surface area (Å²) < 4.78 is 14.4. The fourth-order valence-corrected chi connectivity index (χ4v) is 4.28. The highest BCUT2D eigenvalue weighted by Gasteiger charge is 2.26. The molecule has 4 rings (SSSR count). The number of nitrogens with zero attached hydrogens (tertiary/aromatic N) is 4. The average Bonchev–Trinajstić information content (AvgIpc) is 3.34. The maximum absolute atomic E-state index is 13.3. The van der Waals surface area contributed by atoms with Gasteiger partial charge in [-0.2, -0.15) is 5.10 Å². The number of rotatable bonds is 6. The van der Waals surface area contributed by atoms with Crippen molar-refractivity contribution in [3.8, 4) is 5.75 Å². The topological polar surface area (TPSA) is 94.5 Å². The first kappa shape index (κ1) is 21.9. The van der Waals surface area contributed by atoms with Crippen molar-refractivity contribution in [2.75, 3.05) is 20.2 Å². The van der Waals surface area contributed by atoms with Crippen molar-refractivity contribution >= 4 is 5.91 Å². The van der Waals surface area contributed by atoms with Gasteiger partial charge in [0.15, 0.2) is 0 Å². The summed E-state index contributed by atoms with van der Waals surface area (Å²) in [6.07, 6.45) is 4.16. The number of pyridine rings is 1. The summed E-state index contributed by atoms with van der Waals surface area (Å²) in [4.78, 5) is 28.4. The number of hydrogen-bond donors (Lipinski definition) is 1. The van der Waals surface area contributed by atoms with Gasteiger partial charge >= 0.3 is 0 Å². The van der Waals surface area contributed by atoms with Gasteiger partial charge in [0.05, 0.1) is 25.1 Å². The van der Waals surface area contributed by atoms with Crippen molar-refractivity contribution in [1.29, 1.82) is 0 Å². The predicted molar refractivity (Wildman–Crippen MR) is 119 cm³/mol. The molecule has 32 heavy (non-hydrogen) atoms. The van der Waals surface area contributed by atoms with Crippen molar-refractivity contribution < 1.29 is 13.9 Å². The van der Waals surface area contributed by atoms with Crippen molar-refractivity contribution in [3.63, 3.8) is 0 Å². The molecule has 3 aromatic rings. The van der Waals surface area contributed by atoms with Gasteiger partial charge in [-0.05, 0) is 26.0 Å². The van der Waals surface area contributed by atoms with Crippen LogP contribution >= 0.6 is 0 Å². The Kier molecular flexibility index (Phi) is 6.18. The molecule has 3 aromatic heterocycles. The van der Waals surface area contributed by atoms with E-state index in [1.54, 1.807) is 16.9 Å². The molecule has 0 saturated carbocycles. The zero-order valence-electron chi connectivity index (χ0n) is 18.9. The molecule has 0 aromatic carbocycles. The minimum atomic E-state index is -0.314. The highest BCUT2D eigenvalue weighted by atomic mass is 16.5. The molecule has 0 saturated heterocycles. The zero-order valence-corrected chi connectivity index (χ0v) is 18.9. The van der Waals surface area contributed by atoms with E-state index in [-0.39, 0.29) is 17.5 Å². The lowest BCUT2D eigenvalue weighted by Crippen LogP contribution is -2.32. The third-order valence-electron chi connectivity index (χ3n) is 5.96. The number of aromatic nitrogens is 3. The van der Waals surface area contributed by atoms with Crippen molar-refractivity contribution in [1.82, 2.24) is 24.6 Å². The summed E-state index contributed by atoms with van der Waals surface area (Å²) in [5.41, 5.74) is 3.11. The predicted octanol–water partition coefficient (Wildman–Crippen LogP) is 2.04. The molecule has 1 unspecified atom stereocenters. The molecule has 4 heterocycles. The van der Waals surface area contributed by atoms with E-state index < -0.39 is 0 Å². The van der Waals surface area contributed by atoms with E-state index in [2.05, 4.69) is 15.3 Å². The van der Waals surface area contributed by atoms with Crippen LogP contribution in [-0.2, 0) is 26.6 Å². The van der Waals surface area contributed by atoms with E-state index in [0.717, 1.165) is 24.3 Å². The summed E-state index contributed by atoms with van der Waals surface area (Å²) in [5.74, 6) is 0.669. The molecule has 1 aliphatic heterocycles. The maximum Gasteiger partial charge on any atom is 0.257 e. The largest absolute Gasteiger partial charge is 0.496 e. The Hall–Kier alpha value is -3.33. The zero-order chi connectivity index (χ0) is 22.8. The number of furan rings is 1. The molecule has 1 amide bonds. The molecule has 0 fully saturated rings. The van der Waals surface area contributed by atoms with Crippen LogP contribution in [0, 0.1) is 6.92 Å². The normalized spacial score (nSPS) is 15.1. The van der Waals surface area contributed by atoms with E-state index in [1.807, 2.05) is 37.8 Å². The lowest BCUT2D eigenvalue weighted by molar-refractivity contribution is 0.0930. The first-order valence-electron chi connectivity index (χ1n) is 10.7. The Morgan fingerprint density at radius 3 is 2.81 bits per heavy atom. The third kappa shape index (κ3) is 4.34. The molecule has 170 valence electrons. The van der Waals surface area contributed by atoms with Crippen molar-refractivity contribution in [2.24, 2.45) is 7.05 Å².